The van der Waals surface area contributed by atoms with Gasteiger partial charge in [0.2, 0.25) is 0 Å². The molecular formula is C16H22ClN3. The summed E-state index contributed by atoms with van der Waals surface area (Å²) in [5.41, 5.74) is 2.58. The second-order valence-electron chi connectivity index (χ2n) is 5.12. The lowest BCUT2D eigenvalue weighted by Gasteiger charge is -2.18. The van der Waals surface area contributed by atoms with Crippen LogP contribution < -0.4 is 5.32 Å². The number of halogens is 1. The van der Waals surface area contributed by atoms with E-state index in [0.717, 1.165) is 30.8 Å². The Kier molecular flexibility index (Phi) is 5.62. The smallest absolute Gasteiger partial charge is 0.0522 e. The largest absolute Gasteiger partial charge is 0.310 e. The maximum Gasteiger partial charge on any atom is 0.0522 e. The van der Waals surface area contributed by atoms with Gasteiger partial charge in [0.05, 0.1) is 6.20 Å². The summed E-state index contributed by atoms with van der Waals surface area (Å²) in [6, 6.07) is 8.54. The zero-order valence-corrected chi connectivity index (χ0v) is 12.9. The quantitative estimate of drug-likeness (QED) is 0.842. The van der Waals surface area contributed by atoms with Crippen LogP contribution in [0.4, 0.5) is 0 Å². The minimum Gasteiger partial charge on any atom is -0.310 e. The van der Waals surface area contributed by atoms with Crippen molar-refractivity contribution in [1.29, 1.82) is 0 Å². The molecule has 1 unspecified atom stereocenters. The Hall–Kier alpha value is -1.32. The number of benzene rings is 1. The Balaban J connectivity index is 1.90. The van der Waals surface area contributed by atoms with Gasteiger partial charge < -0.3 is 5.32 Å². The van der Waals surface area contributed by atoms with Gasteiger partial charge in [0.25, 0.3) is 0 Å². The van der Waals surface area contributed by atoms with Crippen LogP contribution in [-0.2, 0) is 13.5 Å². The molecule has 4 heteroatoms. The van der Waals surface area contributed by atoms with Gasteiger partial charge in [-0.05, 0) is 42.6 Å². The molecule has 0 radical (unpaired) electrons. The molecule has 1 aromatic heterocycles. The van der Waals surface area contributed by atoms with Crippen LogP contribution in [0.3, 0.4) is 0 Å². The zero-order chi connectivity index (χ0) is 14.4. The molecule has 0 amide bonds. The van der Waals surface area contributed by atoms with Crippen LogP contribution in [0.5, 0.6) is 0 Å². The minimum atomic E-state index is 0.397. The molecule has 2 rings (SSSR count). The summed E-state index contributed by atoms with van der Waals surface area (Å²) < 4.78 is 1.85. The first-order valence-electron chi connectivity index (χ1n) is 7.15. The predicted octanol–water partition coefficient (Wildman–Crippen LogP) is 3.75. The van der Waals surface area contributed by atoms with Crippen LogP contribution in [0, 0.1) is 0 Å². The fourth-order valence-corrected chi connectivity index (χ4v) is 2.49. The van der Waals surface area contributed by atoms with E-state index in [2.05, 4.69) is 35.7 Å². The van der Waals surface area contributed by atoms with Crippen LogP contribution >= 0.6 is 11.6 Å². The number of nitrogens with zero attached hydrogens (tertiary/aromatic N) is 2. The van der Waals surface area contributed by atoms with Crippen molar-refractivity contribution in [1.82, 2.24) is 15.1 Å². The molecule has 2 aromatic rings. The number of aromatic nitrogens is 2. The van der Waals surface area contributed by atoms with Gasteiger partial charge in [0.1, 0.15) is 0 Å². The molecule has 0 bridgehead atoms. The van der Waals surface area contributed by atoms with Gasteiger partial charge in [-0.2, -0.15) is 5.10 Å². The summed E-state index contributed by atoms with van der Waals surface area (Å²) in [5.74, 6) is 0. The number of aryl methyl sites for hydroxylation is 1. The van der Waals surface area contributed by atoms with Crippen LogP contribution in [0.2, 0.25) is 5.02 Å². The lowest BCUT2D eigenvalue weighted by molar-refractivity contribution is 0.497. The molecular weight excluding hydrogens is 270 g/mol. The summed E-state index contributed by atoms with van der Waals surface area (Å²) in [4.78, 5) is 0. The molecule has 108 valence electrons. The number of hydrogen-bond donors (Lipinski definition) is 1. The zero-order valence-electron chi connectivity index (χ0n) is 12.1. The van der Waals surface area contributed by atoms with Crippen molar-refractivity contribution >= 4 is 11.6 Å². The summed E-state index contributed by atoms with van der Waals surface area (Å²) in [5, 5.41) is 8.62. The van der Waals surface area contributed by atoms with Crippen molar-refractivity contribution in [2.24, 2.45) is 7.05 Å². The van der Waals surface area contributed by atoms with Gasteiger partial charge in [-0.15, -0.1) is 0 Å². The summed E-state index contributed by atoms with van der Waals surface area (Å²) in [6.45, 7) is 3.17. The van der Waals surface area contributed by atoms with E-state index in [-0.39, 0.29) is 0 Å². The van der Waals surface area contributed by atoms with Gasteiger partial charge in [0.15, 0.2) is 0 Å². The fourth-order valence-electron chi connectivity index (χ4n) is 2.36. The van der Waals surface area contributed by atoms with Crippen molar-refractivity contribution in [2.45, 2.75) is 32.2 Å². The van der Waals surface area contributed by atoms with Crippen LogP contribution in [0.25, 0.3) is 0 Å². The molecule has 0 aliphatic rings. The maximum atomic E-state index is 5.95. The van der Waals surface area contributed by atoms with E-state index < -0.39 is 0 Å². The molecule has 20 heavy (non-hydrogen) atoms. The molecule has 0 aliphatic heterocycles. The average molecular weight is 292 g/mol. The van der Waals surface area contributed by atoms with Gasteiger partial charge in [0, 0.05) is 24.3 Å². The summed E-state index contributed by atoms with van der Waals surface area (Å²) in [7, 11) is 1.95. The molecule has 3 nitrogen and oxygen atoms in total. The van der Waals surface area contributed by atoms with E-state index in [1.807, 2.05) is 30.1 Å². The van der Waals surface area contributed by atoms with E-state index in [1.165, 1.54) is 11.1 Å². The predicted molar refractivity (Wildman–Crippen MR) is 84.0 cm³/mol. The lowest BCUT2D eigenvalue weighted by atomic mass is 10.0. The molecule has 0 fully saturated rings. The van der Waals surface area contributed by atoms with Crippen molar-refractivity contribution in [3.63, 3.8) is 0 Å². The highest BCUT2D eigenvalue weighted by atomic mass is 35.5. The monoisotopic (exact) mass is 291 g/mol. The third-order valence-electron chi connectivity index (χ3n) is 3.41. The Morgan fingerprint density at radius 1 is 1.30 bits per heavy atom. The van der Waals surface area contributed by atoms with Crippen LogP contribution in [0.1, 0.15) is 36.9 Å². The Bertz CT molecular complexity index is 519. The van der Waals surface area contributed by atoms with E-state index in [1.54, 1.807) is 0 Å². The topological polar surface area (TPSA) is 29.9 Å². The van der Waals surface area contributed by atoms with E-state index in [4.69, 9.17) is 11.6 Å². The second-order valence-corrected chi connectivity index (χ2v) is 5.56. The van der Waals surface area contributed by atoms with Crippen LogP contribution in [0.15, 0.2) is 36.7 Å². The van der Waals surface area contributed by atoms with Crippen molar-refractivity contribution in [3.8, 4) is 0 Å². The van der Waals surface area contributed by atoms with E-state index in [9.17, 15) is 0 Å². The molecule has 0 spiro atoms. The normalized spacial score (nSPS) is 12.6. The number of rotatable bonds is 7. The van der Waals surface area contributed by atoms with Crippen molar-refractivity contribution in [2.75, 3.05) is 6.54 Å². The van der Waals surface area contributed by atoms with Crippen LogP contribution in [-0.4, -0.2) is 16.3 Å². The molecule has 1 heterocycles. The average Bonchev–Trinajstić information content (AvgIpc) is 2.84. The SMILES string of the molecule is CCCC(NCCc1cnn(C)c1)c1ccc(Cl)cc1. The Morgan fingerprint density at radius 3 is 2.65 bits per heavy atom. The highest BCUT2D eigenvalue weighted by molar-refractivity contribution is 6.30. The standard InChI is InChI=1S/C16H22ClN3/c1-3-4-16(14-5-7-15(17)8-6-14)18-10-9-13-11-19-20(2)12-13/h5-8,11-12,16,18H,3-4,9-10H2,1-2H3. The third-order valence-corrected chi connectivity index (χ3v) is 3.66. The van der Waals surface area contributed by atoms with Gasteiger partial charge in [-0.3, -0.25) is 4.68 Å². The first kappa shape index (κ1) is 15.1. The third kappa shape index (κ3) is 4.36. The van der Waals surface area contributed by atoms with E-state index >= 15 is 0 Å². The number of hydrogen-bond acceptors (Lipinski definition) is 2. The molecule has 1 atom stereocenters. The van der Waals surface area contributed by atoms with Crippen molar-refractivity contribution in [3.05, 3.63) is 52.8 Å². The molecule has 0 saturated heterocycles. The second kappa shape index (κ2) is 7.46. The summed E-state index contributed by atoms with van der Waals surface area (Å²) >= 11 is 5.95. The fraction of sp³-hybridized carbons (Fsp3) is 0.438. The Morgan fingerprint density at radius 2 is 2.05 bits per heavy atom. The maximum absolute atomic E-state index is 5.95. The Labute approximate surface area is 126 Å². The number of nitrogens with one attached hydrogen (secondary N) is 1. The molecule has 0 aliphatic carbocycles. The highest BCUT2D eigenvalue weighted by Gasteiger charge is 2.09. The first-order valence-corrected chi connectivity index (χ1v) is 7.53. The first-order chi connectivity index (χ1) is 9.69. The molecule has 0 saturated carbocycles. The van der Waals surface area contributed by atoms with Gasteiger partial charge >= 0.3 is 0 Å². The van der Waals surface area contributed by atoms with Crippen molar-refractivity contribution < 1.29 is 0 Å². The van der Waals surface area contributed by atoms with Gasteiger partial charge in [-0.1, -0.05) is 37.1 Å². The molecule has 1 aromatic carbocycles. The highest BCUT2D eigenvalue weighted by Crippen LogP contribution is 2.20. The van der Waals surface area contributed by atoms with E-state index in [0.29, 0.717) is 6.04 Å². The minimum absolute atomic E-state index is 0.397. The summed E-state index contributed by atoms with van der Waals surface area (Å²) in [6.07, 6.45) is 7.29. The lowest BCUT2D eigenvalue weighted by Crippen LogP contribution is -2.23. The molecule has 1 N–H and O–H groups in total. The van der Waals surface area contributed by atoms with Gasteiger partial charge in [-0.25, -0.2) is 0 Å².